The zero-order valence-electron chi connectivity index (χ0n) is 17.6. The van der Waals surface area contributed by atoms with Crippen LogP contribution in [0.25, 0.3) is 0 Å². The van der Waals surface area contributed by atoms with Crippen molar-refractivity contribution in [3.05, 3.63) is 84.9 Å². The summed E-state index contributed by atoms with van der Waals surface area (Å²) in [5.41, 5.74) is 1.26. The highest BCUT2D eigenvalue weighted by Gasteiger charge is 2.19. The van der Waals surface area contributed by atoms with Crippen molar-refractivity contribution in [1.82, 2.24) is 0 Å². The van der Waals surface area contributed by atoms with Gasteiger partial charge in [-0.1, -0.05) is 18.7 Å². The lowest BCUT2D eigenvalue weighted by molar-refractivity contribution is 0.102. The molecular formula is C24H22N2O6S. The maximum atomic E-state index is 12.7. The van der Waals surface area contributed by atoms with E-state index in [0.29, 0.717) is 54.0 Å². The number of benzene rings is 3. The Balaban J connectivity index is 1.42. The van der Waals surface area contributed by atoms with E-state index in [4.69, 9.17) is 14.2 Å². The second kappa shape index (κ2) is 9.66. The Morgan fingerprint density at radius 2 is 1.73 bits per heavy atom. The summed E-state index contributed by atoms with van der Waals surface area (Å²) in [4.78, 5) is 12.6. The van der Waals surface area contributed by atoms with Gasteiger partial charge in [0, 0.05) is 29.1 Å². The van der Waals surface area contributed by atoms with E-state index in [9.17, 15) is 13.2 Å². The average Bonchev–Trinajstić information content (AvgIpc) is 2.83. The Bertz CT molecular complexity index is 1270. The van der Waals surface area contributed by atoms with Crippen LogP contribution >= 0.6 is 0 Å². The molecule has 3 aromatic carbocycles. The highest BCUT2D eigenvalue weighted by molar-refractivity contribution is 7.92. The van der Waals surface area contributed by atoms with E-state index in [0.717, 1.165) is 0 Å². The molecule has 0 spiro atoms. The predicted octanol–water partition coefficient (Wildman–Crippen LogP) is 4.08. The van der Waals surface area contributed by atoms with E-state index in [2.05, 4.69) is 16.6 Å². The summed E-state index contributed by atoms with van der Waals surface area (Å²) in [5, 5.41) is 2.79. The van der Waals surface area contributed by atoms with Crippen LogP contribution < -0.4 is 24.2 Å². The van der Waals surface area contributed by atoms with Crippen molar-refractivity contribution in [2.75, 3.05) is 29.9 Å². The summed E-state index contributed by atoms with van der Waals surface area (Å²) in [5.74, 6) is 1.16. The molecule has 0 saturated carbocycles. The van der Waals surface area contributed by atoms with Crippen LogP contribution in [0, 0.1) is 0 Å². The first-order valence-corrected chi connectivity index (χ1v) is 11.6. The molecule has 1 aliphatic rings. The van der Waals surface area contributed by atoms with Gasteiger partial charge >= 0.3 is 0 Å². The number of anilines is 2. The first kappa shape index (κ1) is 22.2. The van der Waals surface area contributed by atoms with Crippen LogP contribution in [0.2, 0.25) is 0 Å². The summed E-state index contributed by atoms with van der Waals surface area (Å²) < 4.78 is 44.3. The van der Waals surface area contributed by atoms with E-state index < -0.39 is 10.0 Å². The second-order valence-corrected chi connectivity index (χ2v) is 8.75. The number of carbonyl (C=O) groups is 1. The summed E-state index contributed by atoms with van der Waals surface area (Å²) >= 11 is 0. The average molecular weight is 467 g/mol. The van der Waals surface area contributed by atoms with Crippen LogP contribution in [0.1, 0.15) is 10.4 Å². The molecule has 170 valence electrons. The Labute approximate surface area is 191 Å². The molecule has 0 unspecified atom stereocenters. The van der Waals surface area contributed by atoms with Crippen molar-refractivity contribution in [2.45, 2.75) is 4.90 Å². The number of rotatable bonds is 8. The molecule has 2 N–H and O–H groups in total. The third-order valence-electron chi connectivity index (χ3n) is 4.68. The monoisotopic (exact) mass is 466 g/mol. The molecule has 0 saturated heterocycles. The molecule has 3 aromatic rings. The maximum absolute atomic E-state index is 12.7. The molecule has 1 aliphatic heterocycles. The number of amides is 1. The summed E-state index contributed by atoms with van der Waals surface area (Å²) in [7, 11) is -3.85. The zero-order chi connectivity index (χ0) is 23.3. The number of carbonyl (C=O) groups excluding carboxylic acids is 1. The molecule has 1 heterocycles. The van der Waals surface area contributed by atoms with Gasteiger partial charge in [-0.3, -0.25) is 9.52 Å². The summed E-state index contributed by atoms with van der Waals surface area (Å²) in [6.07, 6.45) is 1.63. The summed E-state index contributed by atoms with van der Waals surface area (Å²) in [6, 6.07) is 17.5. The number of hydrogen-bond donors (Lipinski definition) is 2. The number of nitrogens with one attached hydrogen (secondary N) is 2. The molecule has 1 amide bonds. The number of ether oxygens (including phenoxy) is 3. The lowest BCUT2D eigenvalue weighted by atomic mass is 10.2. The van der Waals surface area contributed by atoms with Crippen molar-refractivity contribution in [2.24, 2.45) is 0 Å². The van der Waals surface area contributed by atoms with Crippen molar-refractivity contribution in [3.8, 4) is 17.2 Å². The standard InChI is InChI=1S/C24H22N2O6S/c1-2-12-30-20-5-3-4-19(15-20)25-24(27)17-6-8-18(9-7-17)26-33(28,29)21-10-11-22-23(16-21)32-14-13-31-22/h2-11,15-16,26H,1,12-14H2,(H,25,27). The van der Waals surface area contributed by atoms with Crippen LogP contribution in [-0.2, 0) is 10.0 Å². The van der Waals surface area contributed by atoms with Crippen molar-refractivity contribution >= 4 is 27.3 Å². The molecule has 9 heteroatoms. The van der Waals surface area contributed by atoms with Gasteiger partial charge in [-0.15, -0.1) is 0 Å². The largest absolute Gasteiger partial charge is 0.489 e. The summed E-state index contributed by atoms with van der Waals surface area (Å²) in [6.45, 7) is 4.75. The van der Waals surface area contributed by atoms with Gasteiger partial charge in [0.2, 0.25) is 0 Å². The Morgan fingerprint density at radius 3 is 2.48 bits per heavy atom. The lowest BCUT2D eigenvalue weighted by Crippen LogP contribution is -2.17. The van der Waals surface area contributed by atoms with Gasteiger partial charge in [0.15, 0.2) is 11.5 Å². The third kappa shape index (κ3) is 5.45. The normalized spacial score (nSPS) is 12.5. The first-order valence-electron chi connectivity index (χ1n) is 10.1. The van der Waals surface area contributed by atoms with E-state index in [1.54, 1.807) is 36.4 Å². The van der Waals surface area contributed by atoms with E-state index in [1.165, 1.54) is 36.4 Å². The molecular weight excluding hydrogens is 444 g/mol. The van der Waals surface area contributed by atoms with Crippen LogP contribution in [-0.4, -0.2) is 34.1 Å². The topological polar surface area (TPSA) is 103 Å². The fraction of sp³-hybridized carbons (Fsp3) is 0.125. The van der Waals surface area contributed by atoms with Gasteiger partial charge < -0.3 is 19.5 Å². The van der Waals surface area contributed by atoms with Gasteiger partial charge in [-0.05, 0) is 48.5 Å². The SMILES string of the molecule is C=CCOc1cccc(NC(=O)c2ccc(NS(=O)(=O)c3ccc4c(c3)OCCO4)cc2)c1. The molecule has 0 aromatic heterocycles. The highest BCUT2D eigenvalue weighted by atomic mass is 32.2. The maximum Gasteiger partial charge on any atom is 0.262 e. The molecule has 4 rings (SSSR count). The second-order valence-electron chi connectivity index (χ2n) is 7.07. The smallest absolute Gasteiger partial charge is 0.262 e. The zero-order valence-corrected chi connectivity index (χ0v) is 18.4. The molecule has 33 heavy (non-hydrogen) atoms. The number of fused-ring (bicyclic) bond motifs is 1. The molecule has 0 fully saturated rings. The van der Waals surface area contributed by atoms with Crippen molar-refractivity contribution in [3.63, 3.8) is 0 Å². The van der Waals surface area contributed by atoms with Crippen LogP contribution in [0.3, 0.4) is 0 Å². The van der Waals surface area contributed by atoms with Crippen LogP contribution in [0.5, 0.6) is 17.2 Å². The first-order chi connectivity index (χ1) is 15.9. The minimum Gasteiger partial charge on any atom is -0.489 e. The van der Waals surface area contributed by atoms with Gasteiger partial charge in [-0.2, -0.15) is 0 Å². The molecule has 0 atom stereocenters. The van der Waals surface area contributed by atoms with Crippen molar-refractivity contribution in [1.29, 1.82) is 0 Å². The van der Waals surface area contributed by atoms with Crippen molar-refractivity contribution < 1.29 is 27.4 Å². The van der Waals surface area contributed by atoms with Gasteiger partial charge in [-0.25, -0.2) is 8.42 Å². The van der Waals surface area contributed by atoms with E-state index in [1.807, 2.05) is 0 Å². The van der Waals surface area contributed by atoms with Crippen LogP contribution in [0.15, 0.2) is 84.3 Å². The van der Waals surface area contributed by atoms with E-state index in [-0.39, 0.29) is 10.8 Å². The molecule has 0 aliphatic carbocycles. The molecule has 8 nitrogen and oxygen atoms in total. The lowest BCUT2D eigenvalue weighted by Gasteiger charge is -2.19. The highest BCUT2D eigenvalue weighted by Crippen LogP contribution is 2.32. The fourth-order valence-electron chi connectivity index (χ4n) is 3.12. The molecule has 0 radical (unpaired) electrons. The van der Waals surface area contributed by atoms with Crippen LogP contribution in [0.4, 0.5) is 11.4 Å². The Morgan fingerprint density at radius 1 is 0.970 bits per heavy atom. The fourth-order valence-corrected chi connectivity index (χ4v) is 4.19. The predicted molar refractivity (Wildman–Crippen MR) is 125 cm³/mol. The quantitative estimate of drug-likeness (QED) is 0.485. The van der Waals surface area contributed by atoms with Gasteiger partial charge in [0.25, 0.3) is 15.9 Å². The third-order valence-corrected chi connectivity index (χ3v) is 6.06. The minimum atomic E-state index is -3.85. The minimum absolute atomic E-state index is 0.0483. The van der Waals surface area contributed by atoms with Gasteiger partial charge in [0.05, 0.1) is 4.90 Å². The molecule has 0 bridgehead atoms. The number of hydrogen-bond acceptors (Lipinski definition) is 6. The Kier molecular flexibility index (Phi) is 6.50. The van der Waals surface area contributed by atoms with Gasteiger partial charge in [0.1, 0.15) is 25.6 Å². The number of sulfonamides is 1. The Hall–Kier alpha value is -3.98. The van der Waals surface area contributed by atoms with E-state index >= 15 is 0 Å².